The number of ether oxygens (including phenoxy) is 4. The van der Waals surface area contributed by atoms with Gasteiger partial charge in [0.15, 0.2) is 0 Å². The minimum atomic E-state index is -0.478. The fraction of sp³-hybridized carbons (Fsp3) is 0.312. The van der Waals surface area contributed by atoms with Crippen molar-refractivity contribution in [3.8, 4) is 11.5 Å². The summed E-state index contributed by atoms with van der Waals surface area (Å²) in [5.41, 5.74) is 5.45. The van der Waals surface area contributed by atoms with Gasteiger partial charge in [0.1, 0.15) is 24.1 Å². The van der Waals surface area contributed by atoms with E-state index in [1.165, 1.54) is 7.11 Å². The summed E-state index contributed by atoms with van der Waals surface area (Å²) in [6, 6.07) is 20.2. The summed E-state index contributed by atoms with van der Waals surface area (Å²) in [6.45, 7) is 4.62. The van der Waals surface area contributed by atoms with Crippen molar-refractivity contribution < 1.29 is 28.5 Å². The Hall–Kier alpha value is -4.30. The average molecular weight is 543 g/mol. The van der Waals surface area contributed by atoms with Crippen molar-refractivity contribution in [2.75, 3.05) is 20.8 Å². The largest absolute Gasteiger partial charge is 0.496 e. The van der Waals surface area contributed by atoms with Crippen LogP contribution < -0.4 is 14.8 Å². The van der Waals surface area contributed by atoms with Crippen LogP contribution in [0.25, 0.3) is 10.9 Å². The molecule has 0 unspecified atom stereocenters. The van der Waals surface area contributed by atoms with Gasteiger partial charge in [-0.05, 0) is 59.5 Å². The molecule has 4 aromatic rings. The molecule has 0 aliphatic carbocycles. The van der Waals surface area contributed by atoms with Crippen LogP contribution in [0.1, 0.15) is 52.6 Å². The molecule has 2 heterocycles. The highest BCUT2D eigenvalue weighted by Gasteiger charge is 2.34. The van der Waals surface area contributed by atoms with Crippen molar-refractivity contribution in [3.63, 3.8) is 0 Å². The normalized spacial score (nSPS) is 16.4. The Bertz CT molecular complexity index is 1510. The molecule has 0 radical (unpaired) electrons. The third kappa shape index (κ3) is 5.67. The Balaban J connectivity index is 1.39. The van der Waals surface area contributed by atoms with Gasteiger partial charge in [0, 0.05) is 28.6 Å². The number of H-pyrrole nitrogens is 1. The summed E-state index contributed by atoms with van der Waals surface area (Å²) in [5, 5.41) is 4.58. The van der Waals surface area contributed by atoms with Crippen molar-refractivity contribution in [2.24, 2.45) is 5.92 Å². The number of benzene rings is 3. The fourth-order valence-electron chi connectivity index (χ4n) is 5.06. The second-order valence-corrected chi connectivity index (χ2v) is 10.3. The predicted molar refractivity (Wildman–Crippen MR) is 152 cm³/mol. The first-order valence-electron chi connectivity index (χ1n) is 13.4. The molecule has 0 saturated carbocycles. The number of carbonyl (C=O) groups excluding carboxylic acids is 2. The van der Waals surface area contributed by atoms with E-state index in [1.54, 1.807) is 31.4 Å². The highest BCUT2D eigenvalue weighted by molar-refractivity contribution is 5.89. The number of para-hydroxylation sites is 1. The van der Waals surface area contributed by atoms with Gasteiger partial charge < -0.3 is 23.9 Å². The lowest BCUT2D eigenvalue weighted by Crippen LogP contribution is -2.45. The number of hydrogen-bond acceptors (Lipinski definition) is 7. The molecule has 1 aliphatic heterocycles. The first-order valence-corrected chi connectivity index (χ1v) is 13.4. The summed E-state index contributed by atoms with van der Waals surface area (Å²) < 4.78 is 22.1. The van der Waals surface area contributed by atoms with Crippen LogP contribution in [0, 0.1) is 5.92 Å². The van der Waals surface area contributed by atoms with Gasteiger partial charge in [-0.15, -0.1) is 0 Å². The number of rotatable bonds is 9. The Labute approximate surface area is 233 Å². The van der Waals surface area contributed by atoms with Gasteiger partial charge in [0.25, 0.3) is 0 Å². The topological polar surface area (TPSA) is 98.9 Å². The number of aromatic amines is 1. The molecule has 8 heteroatoms. The van der Waals surface area contributed by atoms with E-state index in [1.807, 2.05) is 50.2 Å². The second-order valence-electron chi connectivity index (χ2n) is 10.3. The highest BCUT2D eigenvalue weighted by atomic mass is 16.5. The third-order valence-electron chi connectivity index (χ3n) is 7.07. The van der Waals surface area contributed by atoms with Crippen molar-refractivity contribution in [2.45, 2.75) is 39.0 Å². The maximum atomic E-state index is 12.6. The van der Waals surface area contributed by atoms with E-state index in [0.717, 1.165) is 33.3 Å². The summed E-state index contributed by atoms with van der Waals surface area (Å²) >= 11 is 0. The molecular weight excluding hydrogens is 508 g/mol. The summed E-state index contributed by atoms with van der Waals surface area (Å²) in [4.78, 5) is 28.4. The minimum Gasteiger partial charge on any atom is -0.496 e. The monoisotopic (exact) mass is 542 g/mol. The number of aromatic nitrogens is 1. The zero-order valence-corrected chi connectivity index (χ0v) is 23.2. The van der Waals surface area contributed by atoms with Crippen LogP contribution in [0.4, 0.5) is 0 Å². The minimum absolute atomic E-state index is 0.251. The van der Waals surface area contributed by atoms with E-state index in [4.69, 9.17) is 18.9 Å². The maximum Gasteiger partial charge on any atom is 0.338 e. The van der Waals surface area contributed by atoms with Crippen LogP contribution in [0.5, 0.6) is 11.5 Å². The Morgan fingerprint density at radius 3 is 2.50 bits per heavy atom. The molecule has 0 fully saturated rings. The van der Waals surface area contributed by atoms with Crippen molar-refractivity contribution in [3.05, 3.63) is 94.7 Å². The summed E-state index contributed by atoms with van der Waals surface area (Å²) in [7, 11) is 3.03. The fourth-order valence-corrected chi connectivity index (χ4v) is 5.06. The lowest BCUT2D eigenvalue weighted by Gasteiger charge is -2.30. The molecule has 40 heavy (non-hydrogen) atoms. The van der Waals surface area contributed by atoms with E-state index in [-0.39, 0.29) is 30.5 Å². The van der Waals surface area contributed by atoms with Gasteiger partial charge in [-0.25, -0.2) is 4.79 Å². The quantitative estimate of drug-likeness (QED) is 0.275. The molecular formula is C32H34N2O6. The Morgan fingerprint density at radius 1 is 1.00 bits per heavy atom. The zero-order valence-electron chi connectivity index (χ0n) is 23.2. The van der Waals surface area contributed by atoms with Crippen LogP contribution in [-0.2, 0) is 27.3 Å². The van der Waals surface area contributed by atoms with Crippen molar-refractivity contribution in [1.82, 2.24) is 10.3 Å². The molecule has 8 nitrogen and oxygen atoms in total. The van der Waals surface area contributed by atoms with Crippen LogP contribution in [0.15, 0.2) is 66.7 Å². The van der Waals surface area contributed by atoms with Gasteiger partial charge in [-0.2, -0.15) is 0 Å². The lowest BCUT2D eigenvalue weighted by molar-refractivity contribution is -0.143. The number of methoxy groups -OCH3 is 2. The van der Waals surface area contributed by atoms with Crippen LogP contribution >= 0.6 is 0 Å². The van der Waals surface area contributed by atoms with E-state index in [0.29, 0.717) is 30.1 Å². The van der Waals surface area contributed by atoms with Gasteiger partial charge in [0.2, 0.25) is 0 Å². The van der Waals surface area contributed by atoms with Crippen molar-refractivity contribution in [1.29, 1.82) is 0 Å². The molecule has 3 aromatic carbocycles. The number of esters is 2. The predicted octanol–water partition coefficient (Wildman–Crippen LogP) is 5.35. The van der Waals surface area contributed by atoms with E-state index in [9.17, 15) is 9.59 Å². The molecule has 0 amide bonds. The van der Waals surface area contributed by atoms with E-state index in [2.05, 4.69) is 16.4 Å². The first kappa shape index (κ1) is 27.3. The second kappa shape index (κ2) is 11.8. The van der Waals surface area contributed by atoms with Crippen LogP contribution in [0.2, 0.25) is 0 Å². The lowest BCUT2D eigenvalue weighted by atomic mass is 9.89. The molecule has 0 saturated heterocycles. The molecule has 1 aliphatic rings. The van der Waals surface area contributed by atoms with Gasteiger partial charge >= 0.3 is 11.9 Å². The Morgan fingerprint density at radius 2 is 1.77 bits per heavy atom. The average Bonchev–Trinajstić information content (AvgIpc) is 3.36. The standard InChI is InChI=1S/C32H34N2O6/c1-19(2)17-40-31(35)20-9-12-23(13-10-20)39-18-22-15-21(11-14-28(22)37-3)29-30-25(16-27(34-29)32(36)38-4)24-7-5-6-8-26(24)33-30/h5-15,19,27,29,33-34H,16-18H2,1-4H3/t27-,29-/m1/s1. The van der Waals surface area contributed by atoms with Gasteiger partial charge in [-0.1, -0.05) is 38.1 Å². The van der Waals surface area contributed by atoms with E-state index < -0.39 is 6.04 Å². The van der Waals surface area contributed by atoms with Crippen LogP contribution in [-0.4, -0.2) is 43.8 Å². The highest BCUT2D eigenvalue weighted by Crippen LogP contribution is 2.37. The van der Waals surface area contributed by atoms with Crippen LogP contribution in [0.3, 0.4) is 0 Å². The smallest absolute Gasteiger partial charge is 0.338 e. The number of hydrogen-bond donors (Lipinski definition) is 2. The SMILES string of the molecule is COC(=O)[C@H]1Cc2c([nH]c3ccccc23)[C@@H](c2ccc(OC)c(COc3ccc(C(=O)OCC(C)C)cc3)c2)N1. The molecule has 0 bridgehead atoms. The molecule has 0 spiro atoms. The van der Waals surface area contributed by atoms with Crippen molar-refractivity contribution >= 4 is 22.8 Å². The molecule has 2 N–H and O–H groups in total. The molecule has 1 aromatic heterocycles. The van der Waals surface area contributed by atoms with Gasteiger partial charge in [-0.3, -0.25) is 10.1 Å². The molecule has 5 rings (SSSR count). The Kier molecular flexibility index (Phi) is 8.07. The third-order valence-corrected chi connectivity index (χ3v) is 7.07. The summed E-state index contributed by atoms with van der Waals surface area (Å²) in [6.07, 6.45) is 0.537. The first-order chi connectivity index (χ1) is 19.4. The molecule has 2 atom stereocenters. The number of nitrogens with one attached hydrogen (secondary N) is 2. The number of fused-ring (bicyclic) bond motifs is 3. The van der Waals surface area contributed by atoms with Gasteiger partial charge in [0.05, 0.1) is 32.4 Å². The zero-order chi connectivity index (χ0) is 28.2. The van der Waals surface area contributed by atoms with E-state index >= 15 is 0 Å². The number of carbonyl (C=O) groups is 2. The molecule has 208 valence electrons. The summed E-state index contributed by atoms with van der Waals surface area (Å²) in [5.74, 6) is 0.933. The maximum absolute atomic E-state index is 12.6.